The molecule has 1 saturated heterocycles. The van der Waals surface area contributed by atoms with Crippen LogP contribution >= 0.6 is 0 Å². The number of nitrogens with two attached hydrogens (primary N) is 1. The minimum Gasteiger partial charge on any atom is -0.352 e. The molecule has 1 aromatic heterocycles. The van der Waals surface area contributed by atoms with Gasteiger partial charge in [-0.05, 0) is 38.9 Å². The molecule has 2 heterocycles. The van der Waals surface area contributed by atoms with Gasteiger partial charge in [0.2, 0.25) is 10.0 Å². The lowest BCUT2D eigenvalue weighted by Gasteiger charge is -2.20. The van der Waals surface area contributed by atoms with Gasteiger partial charge in [-0.3, -0.25) is 0 Å². The topological polar surface area (TPSA) is 80.4 Å². The van der Waals surface area contributed by atoms with Gasteiger partial charge in [0.25, 0.3) is 0 Å². The van der Waals surface area contributed by atoms with Gasteiger partial charge in [-0.2, -0.15) is 0 Å². The van der Waals surface area contributed by atoms with Crippen LogP contribution in [-0.4, -0.2) is 43.6 Å². The molecule has 1 aliphatic heterocycles. The highest BCUT2D eigenvalue weighted by atomic mass is 32.2. The van der Waals surface area contributed by atoms with E-state index in [2.05, 4.69) is 9.62 Å². The highest BCUT2D eigenvalue weighted by molar-refractivity contribution is 7.89. The zero-order valence-electron chi connectivity index (χ0n) is 12.2. The molecule has 3 N–H and O–H groups in total. The van der Waals surface area contributed by atoms with Crippen LogP contribution in [0.15, 0.2) is 17.2 Å². The van der Waals surface area contributed by atoms with Gasteiger partial charge in [0.05, 0.1) is 4.90 Å². The number of nitrogens with one attached hydrogen (secondary N) is 1. The van der Waals surface area contributed by atoms with Crippen molar-refractivity contribution in [3.05, 3.63) is 18.0 Å². The van der Waals surface area contributed by atoms with E-state index in [1.54, 1.807) is 23.9 Å². The molecule has 7 heteroatoms. The summed E-state index contributed by atoms with van der Waals surface area (Å²) in [5, 5.41) is 0. The number of likely N-dealkylation sites (tertiary alicyclic amines) is 1. The molecule has 2 rings (SSSR count). The summed E-state index contributed by atoms with van der Waals surface area (Å²) in [6.45, 7) is 5.12. The van der Waals surface area contributed by atoms with Gasteiger partial charge in [0.15, 0.2) is 0 Å². The Labute approximate surface area is 121 Å². The molecule has 1 unspecified atom stereocenters. The van der Waals surface area contributed by atoms with Gasteiger partial charge in [-0.1, -0.05) is 0 Å². The number of hydrogen-bond acceptors (Lipinski definition) is 4. The molecular formula is C13H24N4O2S. The second-order valence-electron chi connectivity index (χ2n) is 5.51. The van der Waals surface area contributed by atoms with Crippen molar-refractivity contribution in [1.29, 1.82) is 0 Å². The van der Waals surface area contributed by atoms with Gasteiger partial charge in [0.1, 0.15) is 0 Å². The molecule has 1 fully saturated rings. The number of aromatic nitrogens is 1. The van der Waals surface area contributed by atoms with Crippen LogP contribution in [0, 0.1) is 0 Å². The summed E-state index contributed by atoms with van der Waals surface area (Å²) in [4.78, 5) is 2.58. The molecule has 1 atom stereocenters. The second kappa shape index (κ2) is 6.26. The van der Waals surface area contributed by atoms with E-state index in [4.69, 9.17) is 5.73 Å². The molecule has 0 saturated carbocycles. The Morgan fingerprint density at radius 1 is 1.40 bits per heavy atom. The van der Waals surface area contributed by atoms with E-state index in [1.807, 2.05) is 6.92 Å². The first-order valence-electron chi connectivity index (χ1n) is 7.02. The smallest absolute Gasteiger partial charge is 0.242 e. The molecule has 1 aliphatic rings. The third-order valence-corrected chi connectivity index (χ3v) is 5.25. The maximum Gasteiger partial charge on any atom is 0.242 e. The molecule has 0 spiro atoms. The van der Waals surface area contributed by atoms with Crippen LogP contribution in [0.4, 0.5) is 0 Å². The van der Waals surface area contributed by atoms with Gasteiger partial charge in [-0.25, -0.2) is 13.1 Å². The molecule has 0 amide bonds. The Hall–Kier alpha value is -0.890. The largest absolute Gasteiger partial charge is 0.352 e. The number of rotatable bonds is 6. The van der Waals surface area contributed by atoms with Crippen molar-refractivity contribution in [2.45, 2.75) is 37.2 Å². The fourth-order valence-corrected chi connectivity index (χ4v) is 3.98. The summed E-state index contributed by atoms with van der Waals surface area (Å²) < 4.78 is 29.1. The van der Waals surface area contributed by atoms with Crippen molar-refractivity contribution in [2.24, 2.45) is 12.8 Å². The molecular weight excluding hydrogens is 276 g/mol. The van der Waals surface area contributed by atoms with E-state index in [9.17, 15) is 8.42 Å². The zero-order chi connectivity index (χ0) is 14.8. The Morgan fingerprint density at radius 2 is 2.05 bits per heavy atom. The van der Waals surface area contributed by atoms with Crippen molar-refractivity contribution in [3.63, 3.8) is 0 Å². The molecule has 6 nitrogen and oxygen atoms in total. The second-order valence-corrected chi connectivity index (χ2v) is 7.23. The van der Waals surface area contributed by atoms with E-state index in [1.165, 1.54) is 12.8 Å². The minimum absolute atomic E-state index is 0.0976. The van der Waals surface area contributed by atoms with E-state index < -0.39 is 10.0 Å². The lowest BCUT2D eigenvalue weighted by molar-refractivity contribution is 0.313. The predicted octanol–water partition coefficient (Wildman–Crippen LogP) is 0.246. The monoisotopic (exact) mass is 300 g/mol. The van der Waals surface area contributed by atoms with Gasteiger partial charge in [0, 0.05) is 38.1 Å². The highest BCUT2D eigenvalue weighted by Gasteiger charge is 2.22. The molecule has 0 aliphatic carbocycles. The Morgan fingerprint density at radius 3 is 2.60 bits per heavy atom. The molecule has 0 radical (unpaired) electrons. The third kappa shape index (κ3) is 3.60. The summed E-state index contributed by atoms with van der Waals surface area (Å²) in [7, 11) is -1.67. The average Bonchev–Trinajstić information content (AvgIpc) is 2.97. The quantitative estimate of drug-likeness (QED) is 0.789. The first kappa shape index (κ1) is 15.5. The third-order valence-electron chi connectivity index (χ3n) is 3.69. The van der Waals surface area contributed by atoms with Crippen LogP contribution < -0.4 is 10.5 Å². The fourth-order valence-electron chi connectivity index (χ4n) is 2.65. The maximum absolute atomic E-state index is 12.3. The molecule has 0 aromatic carbocycles. The van der Waals surface area contributed by atoms with Crippen LogP contribution in [-0.2, 0) is 23.6 Å². The van der Waals surface area contributed by atoms with Crippen molar-refractivity contribution >= 4 is 10.0 Å². The first-order chi connectivity index (χ1) is 9.42. The Bertz CT molecular complexity index is 547. The summed E-state index contributed by atoms with van der Waals surface area (Å²) in [6.07, 6.45) is 4.02. The van der Waals surface area contributed by atoms with Crippen molar-refractivity contribution in [3.8, 4) is 0 Å². The summed E-state index contributed by atoms with van der Waals surface area (Å²) >= 11 is 0. The number of sulfonamides is 1. The average molecular weight is 300 g/mol. The lowest BCUT2D eigenvalue weighted by Crippen LogP contribution is -2.40. The van der Waals surface area contributed by atoms with Crippen LogP contribution in [0.25, 0.3) is 0 Å². The Balaban J connectivity index is 2.01. The highest BCUT2D eigenvalue weighted by Crippen LogP contribution is 2.14. The van der Waals surface area contributed by atoms with Crippen LogP contribution in [0.5, 0.6) is 0 Å². The van der Waals surface area contributed by atoms with Crippen LogP contribution in [0.2, 0.25) is 0 Å². The van der Waals surface area contributed by atoms with E-state index in [0.717, 1.165) is 25.3 Å². The SMILES string of the molecule is CC(CN1CCCC1)NS(=O)(=O)c1cc(CN)n(C)c1. The molecule has 1 aromatic rings. The van der Waals surface area contributed by atoms with Crippen molar-refractivity contribution in [1.82, 2.24) is 14.2 Å². The standard InChI is InChI=1S/C13H24N4O2S/c1-11(9-17-5-3-4-6-17)15-20(18,19)13-7-12(8-14)16(2)10-13/h7,10-11,15H,3-6,8-9,14H2,1-2H3. The van der Waals surface area contributed by atoms with Crippen molar-refractivity contribution in [2.75, 3.05) is 19.6 Å². The molecule has 20 heavy (non-hydrogen) atoms. The van der Waals surface area contributed by atoms with Gasteiger partial charge in [-0.15, -0.1) is 0 Å². The fraction of sp³-hybridized carbons (Fsp3) is 0.692. The molecule has 114 valence electrons. The Kier molecular flexibility index (Phi) is 4.85. The van der Waals surface area contributed by atoms with E-state index >= 15 is 0 Å². The summed E-state index contributed by atoms with van der Waals surface area (Å²) in [5.41, 5.74) is 6.38. The number of aryl methyl sites for hydroxylation is 1. The van der Waals surface area contributed by atoms with Gasteiger partial charge < -0.3 is 15.2 Å². The predicted molar refractivity (Wildman–Crippen MR) is 78.8 cm³/mol. The lowest BCUT2D eigenvalue weighted by atomic mass is 10.3. The number of nitrogens with zero attached hydrogens (tertiary/aromatic N) is 2. The van der Waals surface area contributed by atoms with Gasteiger partial charge >= 0.3 is 0 Å². The minimum atomic E-state index is -3.47. The van der Waals surface area contributed by atoms with Crippen molar-refractivity contribution < 1.29 is 8.42 Å². The zero-order valence-corrected chi connectivity index (χ0v) is 13.0. The maximum atomic E-state index is 12.3. The van der Waals surface area contributed by atoms with Crippen LogP contribution in [0.3, 0.4) is 0 Å². The normalized spacial score (nSPS) is 18.6. The number of hydrogen-bond donors (Lipinski definition) is 2. The summed E-state index contributed by atoms with van der Waals surface area (Å²) in [6, 6.07) is 1.53. The molecule has 0 bridgehead atoms. The van der Waals surface area contributed by atoms with E-state index in [0.29, 0.717) is 6.54 Å². The van der Waals surface area contributed by atoms with Crippen LogP contribution in [0.1, 0.15) is 25.5 Å². The summed E-state index contributed by atoms with van der Waals surface area (Å²) in [5.74, 6) is 0. The first-order valence-corrected chi connectivity index (χ1v) is 8.50. The van der Waals surface area contributed by atoms with E-state index in [-0.39, 0.29) is 10.9 Å².